The molecule has 0 fully saturated rings. The number of alkyl halides is 1. The van der Waals surface area contributed by atoms with Crippen LogP contribution in [0.15, 0.2) is 53.4 Å². The Bertz CT molecular complexity index is 897. The topological polar surface area (TPSA) is 63.7 Å². The SMILES string of the molecule is CC(C)CN(Cc1ccc(OS(=O)(=O)c2ccc(F)cc2)cc1)C(=O)[C@H](C)Cl. The highest BCUT2D eigenvalue weighted by atomic mass is 35.5. The van der Waals surface area contributed by atoms with Crippen molar-refractivity contribution in [2.24, 2.45) is 5.92 Å². The third kappa shape index (κ3) is 6.21. The number of hydrogen-bond donors (Lipinski definition) is 0. The normalized spacial score (nSPS) is 12.6. The predicted molar refractivity (Wildman–Crippen MR) is 106 cm³/mol. The third-order valence-corrected chi connectivity index (χ3v) is 5.29. The van der Waals surface area contributed by atoms with Crippen LogP contribution in [0.3, 0.4) is 0 Å². The summed E-state index contributed by atoms with van der Waals surface area (Å²) < 4.78 is 42.5. The van der Waals surface area contributed by atoms with E-state index in [1.54, 1.807) is 24.0 Å². The molecule has 2 aromatic carbocycles. The molecule has 0 unspecified atom stereocenters. The highest BCUT2D eigenvalue weighted by Crippen LogP contribution is 2.20. The van der Waals surface area contributed by atoms with Crippen LogP contribution in [0.25, 0.3) is 0 Å². The summed E-state index contributed by atoms with van der Waals surface area (Å²) in [6.45, 7) is 6.58. The van der Waals surface area contributed by atoms with Crippen LogP contribution in [-0.2, 0) is 21.5 Å². The van der Waals surface area contributed by atoms with E-state index in [4.69, 9.17) is 15.8 Å². The maximum atomic E-state index is 13.0. The van der Waals surface area contributed by atoms with Crippen molar-refractivity contribution in [3.63, 3.8) is 0 Å². The van der Waals surface area contributed by atoms with Crippen LogP contribution in [0.4, 0.5) is 4.39 Å². The summed E-state index contributed by atoms with van der Waals surface area (Å²) in [5.41, 5.74) is 0.817. The molecule has 1 amide bonds. The van der Waals surface area contributed by atoms with Gasteiger partial charge in [0.05, 0.1) is 0 Å². The van der Waals surface area contributed by atoms with Crippen molar-refractivity contribution in [1.29, 1.82) is 0 Å². The summed E-state index contributed by atoms with van der Waals surface area (Å²) >= 11 is 5.94. The monoisotopic (exact) mass is 427 g/mol. The molecule has 0 spiro atoms. The van der Waals surface area contributed by atoms with Gasteiger partial charge in [0.1, 0.15) is 21.8 Å². The predicted octanol–water partition coefficient (Wildman–Crippen LogP) is 4.21. The summed E-state index contributed by atoms with van der Waals surface area (Å²) in [5.74, 6) is -0.284. The molecular formula is C20H23ClFNO4S. The average Bonchev–Trinajstić information content (AvgIpc) is 2.61. The maximum Gasteiger partial charge on any atom is 0.339 e. The highest BCUT2D eigenvalue weighted by molar-refractivity contribution is 7.87. The van der Waals surface area contributed by atoms with Crippen LogP contribution in [0.1, 0.15) is 26.3 Å². The van der Waals surface area contributed by atoms with E-state index in [0.717, 1.165) is 29.8 Å². The number of rotatable bonds is 8. The van der Waals surface area contributed by atoms with Crippen LogP contribution in [0, 0.1) is 11.7 Å². The van der Waals surface area contributed by atoms with E-state index >= 15 is 0 Å². The van der Waals surface area contributed by atoms with Crippen LogP contribution in [0.2, 0.25) is 0 Å². The fourth-order valence-corrected chi connectivity index (χ4v) is 3.64. The minimum atomic E-state index is -4.06. The zero-order valence-electron chi connectivity index (χ0n) is 15.9. The van der Waals surface area contributed by atoms with E-state index in [1.165, 1.54) is 12.1 Å². The molecule has 0 heterocycles. The van der Waals surface area contributed by atoms with Crippen molar-refractivity contribution in [2.45, 2.75) is 37.6 Å². The second-order valence-electron chi connectivity index (χ2n) is 6.86. The lowest BCUT2D eigenvalue weighted by atomic mass is 10.1. The zero-order valence-corrected chi connectivity index (χ0v) is 17.5. The Hall–Kier alpha value is -2.12. The summed E-state index contributed by atoms with van der Waals surface area (Å²) in [4.78, 5) is 13.8. The van der Waals surface area contributed by atoms with Gasteiger partial charge in [0.2, 0.25) is 5.91 Å². The molecule has 152 valence electrons. The molecule has 0 aliphatic heterocycles. The number of nitrogens with zero attached hydrogens (tertiary/aromatic N) is 1. The van der Waals surface area contributed by atoms with Crippen LogP contribution < -0.4 is 4.18 Å². The Balaban J connectivity index is 2.11. The van der Waals surface area contributed by atoms with Gasteiger partial charge in [0, 0.05) is 13.1 Å². The fourth-order valence-electron chi connectivity index (χ4n) is 2.57. The second kappa shape index (κ2) is 9.39. The Morgan fingerprint density at radius 3 is 2.14 bits per heavy atom. The largest absolute Gasteiger partial charge is 0.379 e. The number of hydrogen-bond acceptors (Lipinski definition) is 4. The first-order valence-electron chi connectivity index (χ1n) is 8.80. The van der Waals surface area contributed by atoms with E-state index in [1.807, 2.05) is 13.8 Å². The standard InChI is InChI=1S/C20H23ClFNO4S/c1-14(2)12-23(20(24)15(3)21)13-16-4-8-18(9-5-16)27-28(25,26)19-10-6-17(22)7-11-19/h4-11,14-15H,12-13H2,1-3H3/t15-/m0/s1. The van der Waals surface area contributed by atoms with Gasteiger partial charge in [-0.05, 0) is 54.8 Å². The lowest BCUT2D eigenvalue weighted by Crippen LogP contribution is -2.37. The van der Waals surface area contributed by atoms with Crippen molar-refractivity contribution in [3.8, 4) is 5.75 Å². The van der Waals surface area contributed by atoms with Crippen molar-refractivity contribution in [2.75, 3.05) is 6.54 Å². The lowest BCUT2D eigenvalue weighted by Gasteiger charge is -2.26. The van der Waals surface area contributed by atoms with Gasteiger partial charge in [-0.2, -0.15) is 8.42 Å². The summed E-state index contributed by atoms with van der Waals surface area (Å²) in [6.07, 6.45) is 0. The van der Waals surface area contributed by atoms with E-state index in [0.29, 0.717) is 13.1 Å². The summed E-state index contributed by atoms with van der Waals surface area (Å²) in [6, 6.07) is 10.8. The zero-order chi connectivity index (χ0) is 20.9. The molecule has 0 aromatic heterocycles. The van der Waals surface area contributed by atoms with Gasteiger partial charge >= 0.3 is 10.1 Å². The summed E-state index contributed by atoms with van der Waals surface area (Å²) in [7, 11) is -4.06. The molecule has 8 heteroatoms. The van der Waals surface area contributed by atoms with Crippen molar-refractivity contribution in [1.82, 2.24) is 4.90 Å². The summed E-state index contributed by atoms with van der Waals surface area (Å²) in [5, 5.41) is -0.623. The van der Waals surface area contributed by atoms with Crippen molar-refractivity contribution in [3.05, 3.63) is 59.9 Å². The quantitative estimate of drug-likeness (QED) is 0.467. The Labute approximate surface area is 170 Å². The molecule has 0 saturated carbocycles. The number of benzene rings is 2. The van der Waals surface area contributed by atoms with E-state index in [-0.39, 0.29) is 22.5 Å². The molecule has 0 saturated heterocycles. The van der Waals surface area contributed by atoms with Crippen molar-refractivity contribution >= 4 is 27.6 Å². The van der Waals surface area contributed by atoms with Gasteiger partial charge in [-0.15, -0.1) is 11.6 Å². The number of halogens is 2. The van der Waals surface area contributed by atoms with E-state index in [9.17, 15) is 17.6 Å². The van der Waals surface area contributed by atoms with Crippen LogP contribution >= 0.6 is 11.6 Å². The third-order valence-electron chi connectivity index (χ3n) is 3.84. The van der Waals surface area contributed by atoms with Gasteiger partial charge in [-0.3, -0.25) is 4.79 Å². The van der Waals surface area contributed by atoms with E-state index in [2.05, 4.69) is 0 Å². The number of amides is 1. The minimum Gasteiger partial charge on any atom is -0.379 e. The average molecular weight is 428 g/mol. The smallest absolute Gasteiger partial charge is 0.339 e. The van der Waals surface area contributed by atoms with Gasteiger partial charge in [-0.1, -0.05) is 26.0 Å². The van der Waals surface area contributed by atoms with Crippen LogP contribution in [0.5, 0.6) is 5.75 Å². The molecule has 0 bridgehead atoms. The van der Waals surface area contributed by atoms with Gasteiger partial charge < -0.3 is 9.08 Å². The Morgan fingerprint density at radius 2 is 1.64 bits per heavy atom. The molecule has 0 aliphatic rings. The maximum absolute atomic E-state index is 13.0. The highest BCUT2D eigenvalue weighted by Gasteiger charge is 2.20. The first-order valence-corrected chi connectivity index (χ1v) is 10.6. The Kier molecular flexibility index (Phi) is 7.43. The fraction of sp³-hybridized carbons (Fsp3) is 0.350. The van der Waals surface area contributed by atoms with Gasteiger partial charge in [-0.25, -0.2) is 4.39 Å². The Morgan fingerprint density at radius 1 is 1.07 bits per heavy atom. The van der Waals surface area contributed by atoms with Crippen molar-refractivity contribution < 1.29 is 21.8 Å². The molecule has 0 radical (unpaired) electrons. The first-order chi connectivity index (χ1) is 13.1. The number of carbonyl (C=O) groups is 1. The molecule has 0 aliphatic carbocycles. The molecule has 0 N–H and O–H groups in total. The molecular weight excluding hydrogens is 405 g/mol. The molecule has 28 heavy (non-hydrogen) atoms. The van der Waals surface area contributed by atoms with Gasteiger partial charge in [0.15, 0.2) is 0 Å². The molecule has 1 atom stereocenters. The lowest BCUT2D eigenvalue weighted by molar-refractivity contribution is -0.131. The van der Waals surface area contributed by atoms with Gasteiger partial charge in [0.25, 0.3) is 0 Å². The van der Waals surface area contributed by atoms with Crippen LogP contribution in [-0.4, -0.2) is 31.1 Å². The first kappa shape index (κ1) is 22.2. The molecule has 5 nitrogen and oxygen atoms in total. The second-order valence-corrected chi connectivity index (χ2v) is 9.06. The molecule has 2 aromatic rings. The minimum absolute atomic E-state index is 0.125. The van der Waals surface area contributed by atoms with E-state index < -0.39 is 21.3 Å². The number of carbonyl (C=O) groups excluding carboxylic acids is 1. The molecule has 2 rings (SSSR count).